The van der Waals surface area contributed by atoms with E-state index in [0.717, 1.165) is 50.1 Å². The third kappa shape index (κ3) is 4.47. The van der Waals surface area contributed by atoms with Crippen LogP contribution in [0.3, 0.4) is 0 Å². The summed E-state index contributed by atoms with van der Waals surface area (Å²) in [5.41, 5.74) is 3.78. The lowest BCUT2D eigenvalue weighted by atomic mass is 9.82. The van der Waals surface area contributed by atoms with E-state index in [1.165, 1.54) is 11.6 Å². The summed E-state index contributed by atoms with van der Waals surface area (Å²) in [4.78, 5) is 38.2. The quantitative estimate of drug-likeness (QED) is 0.373. The second-order valence-electron chi connectivity index (χ2n) is 12.1. The molecule has 10 heteroatoms. The molecule has 3 aliphatic rings. The Morgan fingerprint density at radius 3 is 2.66 bits per heavy atom. The van der Waals surface area contributed by atoms with Crippen LogP contribution in [0.5, 0.6) is 0 Å². The monoisotopic (exact) mass is 551 g/mol. The van der Waals surface area contributed by atoms with Gasteiger partial charge in [0.2, 0.25) is 5.82 Å². The maximum atomic E-state index is 13.4. The number of aromatic nitrogens is 4. The zero-order valence-corrected chi connectivity index (χ0v) is 23.2. The minimum absolute atomic E-state index is 0.0146. The second-order valence-corrected chi connectivity index (χ2v) is 12.1. The number of hydrogen-bond donors (Lipinski definition) is 2. The van der Waals surface area contributed by atoms with Crippen LogP contribution in [-0.2, 0) is 5.41 Å². The Morgan fingerprint density at radius 1 is 1.02 bits per heavy atom. The summed E-state index contributed by atoms with van der Waals surface area (Å²) in [5, 5.41) is 17.2. The summed E-state index contributed by atoms with van der Waals surface area (Å²) in [5.74, 6) is -0.191. The smallest absolute Gasteiger partial charge is 0.354 e. The highest BCUT2D eigenvalue weighted by Crippen LogP contribution is 2.50. The van der Waals surface area contributed by atoms with Gasteiger partial charge in [0.25, 0.3) is 5.91 Å². The first-order valence-electron chi connectivity index (χ1n) is 14.2. The molecule has 7 rings (SSSR count). The number of piperidine rings is 1. The van der Waals surface area contributed by atoms with Crippen LogP contribution in [0, 0.1) is 12.8 Å². The molecule has 1 saturated carbocycles. The van der Waals surface area contributed by atoms with Crippen LogP contribution in [-0.4, -0.2) is 68.3 Å². The molecule has 41 heavy (non-hydrogen) atoms. The molecule has 0 spiro atoms. The van der Waals surface area contributed by atoms with E-state index in [1.54, 1.807) is 10.6 Å². The molecule has 0 bridgehead atoms. The molecule has 0 radical (unpaired) electrons. The Bertz CT molecular complexity index is 1670. The molecule has 1 aliphatic carbocycles. The molecule has 2 aliphatic heterocycles. The molecule has 5 heterocycles. The number of anilines is 2. The molecule has 2 saturated heterocycles. The molecule has 1 amide bonds. The van der Waals surface area contributed by atoms with Crippen molar-refractivity contribution < 1.29 is 14.7 Å². The fourth-order valence-electron chi connectivity index (χ4n) is 6.73. The summed E-state index contributed by atoms with van der Waals surface area (Å²) in [6.07, 6.45) is 4.82. The lowest BCUT2D eigenvalue weighted by Crippen LogP contribution is -2.51. The molecule has 2 unspecified atom stereocenters. The molecule has 3 fully saturated rings. The molecule has 3 atom stereocenters. The Labute approximate surface area is 238 Å². The standard InChI is InChI=1S/C31H33N7O3/c1-20-15-23(36-14-12-30(2,18-36)21-7-4-3-5-8-21)17-38-27(20)33-26(35-38)28(39)34-31-16-22(31)11-13-37(19-31)25-10-6-9-24(32-25)29(40)41/h3-10,15,17,22H,11-14,16,18-19H2,1-2H3,(H,34,39)(H,40,41)/t22?,30-,31?/m0/s1. The van der Waals surface area contributed by atoms with Crippen LogP contribution in [0.2, 0.25) is 0 Å². The fourth-order valence-corrected chi connectivity index (χ4v) is 6.73. The number of carbonyl (C=O) groups excluding carboxylic acids is 1. The molecule has 4 aromatic rings. The second kappa shape index (κ2) is 9.29. The minimum atomic E-state index is -1.05. The zero-order chi connectivity index (χ0) is 28.4. The molecule has 1 aromatic carbocycles. The van der Waals surface area contributed by atoms with Gasteiger partial charge in [0.15, 0.2) is 11.3 Å². The summed E-state index contributed by atoms with van der Waals surface area (Å²) >= 11 is 0. The van der Waals surface area contributed by atoms with Gasteiger partial charge < -0.3 is 20.2 Å². The molecular weight excluding hydrogens is 518 g/mol. The minimum Gasteiger partial charge on any atom is -0.477 e. The highest BCUT2D eigenvalue weighted by atomic mass is 16.4. The number of carbonyl (C=O) groups is 2. The third-order valence-electron chi connectivity index (χ3n) is 9.21. The molecule has 10 nitrogen and oxygen atoms in total. The van der Waals surface area contributed by atoms with E-state index in [4.69, 9.17) is 0 Å². The van der Waals surface area contributed by atoms with Gasteiger partial charge in [-0.15, -0.1) is 5.10 Å². The number of carboxylic acids is 1. The van der Waals surface area contributed by atoms with Crippen LogP contribution in [0.1, 0.15) is 58.4 Å². The fraction of sp³-hybridized carbons (Fsp3) is 0.387. The Hall–Kier alpha value is -4.47. The highest BCUT2D eigenvalue weighted by molar-refractivity contribution is 5.92. The largest absolute Gasteiger partial charge is 0.477 e. The number of nitrogens with one attached hydrogen (secondary N) is 1. The van der Waals surface area contributed by atoms with Gasteiger partial charge in [-0.25, -0.2) is 19.3 Å². The summed E-state index contributed by atoms with van der Waals surface area (Å²) in [6, 6.07) is 17.8. The van der Waals surface area contributed by atoms with Crippen molar-refractivity contribution in [1.82, 2.24) is 24.9 Å². The number of fused-ring (bicyclic) bond motifs is 2. The first-order chi connectivity index (χ1) is 19.7. The van der Waals surface area contributed by atoms with Crippen LogP contribution in [0.25, 0.3) is 5.65 Å². The van der Waals surface area contributed by atoms with E-state index in [-0.39, 0.29) is 28.4 Å². The Balaban J connectivity index is 1.08. The maximum Gasteiger partial charge on any atom is 0.354 e. The predicted octanol–water partition coefficient (Wildman–Crippen LogP) is 3.70. The lowest BCUT2D eigenvalue weighted by Gasteiger charge is -2.34. The van der Waals surface area contributed by atoms with Gasteiger partial charge in [0.05, 0.1) is 17.4 Å². The van der Waals surface area contributed by atoms with Crippen LogP contribution < -0.4 is 15.1 Å². The van der Waals surface area contributed by atoms with Crippen molar-refractivity contribution in [1.29, 1.82) is 0 Å². The number of pyridine rings is 2. The Morgan fingerprint density at radius 2 is 1.85 bits per heavy atom. The first-order valence-corrected chi connectivity index (χ1v) is 14.2. The van der Waals surface area contributed by atoms with E-state index in [1.807, 2.05) is 19.2 Å². The van der Waals surface area contributed by atoms with E-state index >= 15 is 0 Å². The summed E-state index contributed by atoms with van der Waals surface area (Å²) < 4.78 is 1.73. The SMILES string of the molecule is Cc1cc(N2CC[C@](C)(c3ccccc3)C2)cn2nc(C(=O)NC34CC3CCN(c3cccc(C(=O)O)n3)C4)nc12. The van der Waals surface area contributed by atoms with Crippen molar-refractivity contribution in [2.24, 2.45) is 5.92 Å². The number of aromatic carboxylic acids is 1. The van der Waals surface area contributed by atoms with E-state index < -0.39 is 5.97 Å². The number of hydrogen-bond acceptors (Lipinski definition) is 7. The van der Waals surface area contributed by atoms with Crippen molar-refractivity contribution in [2.75, 3.05) is 36.0 Å². The number of rotatable bonds is 6. The molecule has 210 valence electrons. The zero-order valence-electron chi connectivity index (χ0n) is 23.2. The van der Waals surface area contributed by atoms with Gasteiger partial charge in [0, 0.05) is 31.6 Å². The predicted molar refractivity (Wildman–Crippen MR) is 155 cm³/mol. The van der Waals surface area contributed by atoms with Crippen molar-refractivity contribution in [3.8, 4) is 0 Å². The van der Waals surface area contributed by atoms with Crippen molar-refractivity contribution in [3.05, 3.63) is 83.4 Å². The average Bonchev–Trinajstić information content (AvgIpc) is 3.27. The number of aryl methyl sites for hydroxylation is 1. The van der Waals surface area contributed by atoms with Crippen molar-refractivity contribution in [3.63, 3.8) is 0 Å². The van der Waals surface area contributed by atoms with Gasteiger partial charge in [-0.1, -0.05) is 43.3 Å². The molecule has 3 aromatic heterocycles. The van der Waals surface area contributed by atoms with Crippen LogP contribution in [0.4, 0.5) is 11.5 Å². The van der Waals surface area contributed by atoms with E-state index in [9.17, 15) is 14.7 Å². The molecular formula is C31H33N7O3. The topological polar surface area (TPSA) is 116 Å². The maximum absolute atomic E-state index is 13.4. The van der Waals surface area contributed by atoms with Gasteiger partial charge in [-0.05, 0) is 61.4 Å². The number of nitrogens with zero attached hydrogens (tertiary/aromatic N) is 6. The van der Waals surface area contributed by atoms with E-state index in [2.05, 4.69) is 73.5 Å². The van der Waals surface area contributed by atoms with Crippen LogP contribution in [0.15, 0.2) is 60.8 Å². The average molecular weight is 552 g/mol. The van der Waals surface area contributed by atoms with Crippen molar-refractivity contribution in [2.45, 2.75) is 44.1 Å². The molecule has 2 N–H and O–H groups in total. The normalized spacial score (nSPS) is 25.3. The van der Waals surface area contributed by atoms with Crippen molar-refractivity contribution >= 4 is 29.0 Å². The summed E-state index contributed by atoms with van der Waals surface area (Å²) in [6.45, 7) is 7.53. The Kier molecular flexibility index (Phi) is 5.78. The first kappa shape index (κ1) is 25.5. The third-order valence-corrected chi connectivity index (χ3v) is 9.21. The number of amides is 1. The van der Waals surface area contributed by atoms with Gasteiger partial charge in [-0.3, -0.25) is 4.79 Å². The summed E-state index contributed by atoms with van der Waals surface area (Å²) in [7, 11) is 0. The number of benzene rings is 1. The van der Waals surface area contributed by atoms with E-state index in [0.29, 0.717) is 23.9 Å². The number of carboxylic acid groups (broad SMARTS) is 1. The van der Waals surface area contributed by atoms with Gasteiger partial charge in [-0.2, -0.15) is 0 Å². The van der Waals surface area contributed by atoms with Crippen LogP contribution >= 0.6 is 0 Å². The van der Waals surface area contributed by atoms with Gasteiger partial charge in [0.1, 0.15) is 5.82 Å². The highest BCUT2D eigenvalue weighted by Gasteiger charge is 2.58. The van der Waals surface area contributed by atoms with Gasteiger partial charge >= 0.3 is 5.97 Å². The lowest BCUT2D eigenvalue weighted by molar-refractivity contribution is 0.0690.